The van der Waals surface area contributed by atoms with E-state index in [2.05, 4.69) is 10.0 Å². The molecule has 0 bridgehead atoms. The molecule has 2 N–H and O–H groups in total. The molecule has 1 amide bonds. The summed E-state index contributed by atoms with van der Waals surface area (Å²) >= 11 is 0. The molecule has 0 fully saturated rings. The Morgan fingerprint density at radius 1 is 1.07 bits per heavy atom. The molecule has 27 heavy (non-hydrogen) atoms. The highest BCUT2D eigenvalue weighted by molar-refractivity contribution is 7.89. The number of methoxy groups -OCH3 is 2. The van der Waals surface area contributed by atoms with Crippen molar-refractivity contribution in [2.75, 3.05) is 27.4 Å². The largest absolute Gasteiger partial charge is 0.497 e. The van der Waals surface area contributed by atoms with Crippen LogP contribution in [-0.2, 0) is 21.3 Å². The van der Waals surface area contributed by atoms with Gasteiger partial charge in [-0.1, -0.05) is 18.2 Å². The molecule has 0 heterocycles. The van der Waals surface area contributed by atoms with Crippen LogP contribution >= 0.6 is 0 Å². The molecule has 7 nitrogen and oxygen atoms in total. The van der Waals surface area contributed by atoms with Gasteiger partial charge < -0.3 is 14.8 Å². The third-order valence-electron chi connectivity index (χ3n) is 3.84. The predicted molar refractivity (Wildman–Crippen MR) is 102 cm³/mol. The van der Waals surface area contributed by atoms with Crippen LogP contribution in [0.1, 0.15) is 22.3 Å². The molecule has 2 aromatic rings. The minimum Gasteiger partial charge on any atom is -0.497 e. The van der Waals surface area contributed by atoms with E-state index < -0.39 is 10.0 Å². The maximum atomic E-state index is 12.5. The molecule has 2 rings (SSSR count). The van der Waals surface area contributed by atoms with Crippen molar-refractivity contribution in [2.24, 2.45) is 0 Å². The number of nitrogens with one attached hydrogen (secondary N) is 2. The van der Waals surface area contributed by atoms with Crippen LogP contribution in [0.3, 0.4) is 0 Å². The lowest BCUT2D eigenvalue weighted by molar-refractivity contribution is 0.0948. The van der Waals surface area contributed by atoms with Gasteiger partial charge in [-0.05, 0) is 42.3 Å². The Labute approximate surface area is 159 Å². The van der Waals surface area contributed by atoms with E-state index in [-0.39, 0.29) is 17.3 Å². The van der Waals surface area contributed by atoms with Crippen molar-refractivity contribution < 1.29 is 22.7 Å². The second-order valence-electron chi connectivity index (χ2n) is 5.80. The normalized spacial score (nSPS) is 11.2. The van der Waals surface area contributed by atoms with Crippen molar-refractivity contribution in [3.63, 3.8) is 0 Å². The van der Waals surface area contributed by atoms with Crippen LogP contribution in [0.25, 0.3) is 0 Å². The Morgan fingerprint density at radius 2 is 1.81 bits per heavy atom. The monoisotopic (exact) mass is 392 g/mol. The molecule has 0 saturated carbocycles. The van der Waals surface area contributed by atoms with E-state index in [1.54, 1.807) is 50.6 Å². The molecule has 2 aromatic carbocycles. The van der Waals surface area contributed by atoms with E-state index in [1.807, 2.05) is 0 Å². The summed E-state index contributed by atoms with van der Waals surface area (Å²) in [5.41, 5.74) is 1.09. The minimum atomic E-state index is -3.74. The van der Waals surface area contributed by atoms with Crippen LogP contribution in [0.15, 0.2) is 53.4 Å². The lowest BCUT2D eigenvalue weighted by Gasteiger charge is -2.09. The second kappa shape index (κ2) is 10.1. The number of sulfonamides is 1. The highest BCUT2D eigenvalue weighted by Crippen LogP contribution is 2.14. The van der Waals surface area contributed by atoms with Gasteiger partial charge in [0.15, 0.2) is 0 Å². The van der Waals surface area contributed by atoms with E-state index in [9.17, 15) is 13.2 Å². The van der Waals surface area contributed by atoms with Gasteiger partial charge in [0.2, 0.25) is 10.0 Å². The van der Waals surface area contributed by atoms with E-state index in [0.29, 0.717) is 30.9 Å². The summed E-state index contributed by atoms with van der Waals surface area (Å²) < 4.78 is 37.6. The quantitative estimate of drug-likeness (QED) is 0.603. The summed E-state index contributed by atoms with van der Waals surface area (Å²) in [6.07, 6.45) is 0.684. The summed E-state index contributed by atoms with van der Waals surface area (Å²) in [5, 5.41) is 2.74. The number of rotatable bonds is 10. The fourth-order valence-electron chi connectivity index (χ4n) is 2.33. The molecular formula is C19H24N2O5S. The maximum absolute atomic E-state index is 12.5. The fourth-order valence-corrected chi connectivity index (χ4v) is 3.39. The third-order valence-corrected chi connectivity index (χ3v) is 5.24. The number of benzene rings is 2. The molecule has 0 aliphatic carbocycles. The van der Waals surface area contributed by atoms with E-state index in [4.69, 9.17) is 9.47 Å². The standard InChI is InChI=1S/C19H24N2O5S/c1-25-12-4-11-20-19(22)16-5-3-6-18(13-16)27(23,24)21-14-15-7-9-17(26-2)10-8-15/h3,5-10,13,21H,4,11-12,14H2,1-2H3,(H,20,22). The molecule has 146 valence electrons. The summed E-state index contributed by atoms with van der Waals surface area (Å²) in [6, 6.07) is 13.0. The number of hydrogen-bond acceptors (Lipinski definition) is 5. The Hall–Kier alpha value is -2.42. The third kappa shape index (κ3) is 6.35. The first-order valence-electron chi connectivity index (χ1n) is 8.46. The number of ether oxygens (including phenoxy) is 2. The summed E-state index contributed by atoms with van der Waals surface area (Å²) in [4.78, 5) is 12.2. The molecular weight excluding hydrogens is 368 g/mol. The molecule has 0 aliphatic rings. The van der Waals surface area contributed by atoms with Gasteiger partial charge in [-0.15, -0.1) is 0 Å². The van der Waals surface area contributed by atoms with E-state index in [1.165, 1.54) is 12.1 Å². The van der Waals surface area contributed by atoms with Gasteiger partial charge in [0.05, 0.1) is 12.0 Å². The first-order chi connectivity index (χ1) is 13.0. The lowest BCUT2D eigenvalue weighted by Crippen LogP contribution is -2.26. The minimum absolute atomic E-state index is 0.0422. The first-order valence-corrected chi connectivity index (χ1v) is 9.94. The fraction of sp³-hybridized carbons (Fsp3) is 0.316. The van der Waals surface area contributed by atoms with Gasteiger partial charge in [-0.2, -0.15) is 0 Å². The Morgan fingerprint density at radius 3 is 2.48 bits per heavy atom. The average molecular weight is 392 g/mol. The van der Waals surface area contributed by atoms with Crippen LogP contribution in [0.4, 0.5) is 0 Å². The van der Waals surface area contributed by atoms with Crippen LogP contribution in [0, 0.1) is 0 Å². The summed E-state index contributed by atoms with van der Waals surface area (Å²) in [6.45, 7) is 1.14. The Kier molecular flexibility index (Phi) is 7.78. The molecule has 0 aromatic heterocycles. The molecule has 8 heteroatoms. The average Bonchev–Trinajstić information content (AvgIpc) is 2.70. The smallest absolute Gasteiger partial charge is 0.251 e. The lowest BCUT2D eigenvalue weighted by atomic mass is 10.2. The number of carbonyl (C=O) groups excluding carboxylic acids is 1. The zero-order valence-corrected chi connectivity index (χ0v) is 16.2. The maximum Gasteiger partial charge on any atom is 0.251 e. The predicted octanol–water partition coefficient (Wildman–Crippen LogP) is 1.94. The zero-order valence-electron chi connectivity index (χ0n) is 15.4. The summed E-state index contributed by atoms with van der Waals surface area (Å²) in [7, 11) is -0.580. The van der Waals surface area contributed by atoms with Crippen molar-refractivity contribution in [2.45, 2.75) is 17.9 Å². The van der Waals surface area contributed by atoms with Gasteiger partial charge in [0.1, 0.15) is 5.75 Å². The molecule has 0 saturated heterocycles. The molecule has 0 spiro atoms. The van der Waals surface area contributed by atoms with Gasteiger partial charge >= 0.3 is 0 Å². The van der Waals surface area contributed by atoms with Crippen molar-refractivity contribution in [1.82, 2.24) is 10.0 Å². The zero-order chi connectivity index (χ0) is 19.7. The molecule has 0 unspecified atom stereocenters. The van der Waals surface area contributed by atoms with Crippen LogP contribution in [-0.4, -0.2) is 41.7 Å². The van der Waals surface area contributed by atoms with Crippen molar-refractivity contribution >= 4 is 15.9 Å². The number of carbonyl (C=O) groups is 1. The molecule has 0 atom stereocenters. The topological polar surface area (TPSA) is 93.7 Å². The number of hydrogen-bond donors (Lipinski definition) is 2. The van der Waals surface area contributed by atoms with E-state index in [0.717, 1.165) is 5.56 Å². The SMILES string of the molecule is COCCCNC(=O)c1cccc(S(=O)(=O)NCc2ccc(OC)cc2)c1. The molecule has 0 radical (unpaired) electrons. The van der Waals surface area contributed by atoms with Crippen LogP contribution < -0.4 is 14.8 Å². The van der Waals surface area contributed by atoms with E-state index >= 15 is 0 Å². The van der Waals surface area contributed by atoms with Gasteiger partial charge in [0.25, 0.3) is 5.91 Å². The van der Waals surface area contributed by atoms with Gasteiger partial charge in [-0.3, -0.25) is 4.79 Å². The van der Waals surface area contributed by atoms with Gasteiger partial charge in [-0.25, -0.2) is 13.1 Å². The number of amides is 1. The Balaban J connectivity index is 2.01. The Bertz CT molecular complexity index is 851. The molecule has 0 aliphatic heterocycles. The second-order valence-corrected chi connectivity index (χ2v) is 7.57. The van der Waals surface area contributed by atoms with Crippen molar-refractivity contribution in [3.8, 4) is 5.75 Å². The highest BCUT2D eigenvalue weighted by atomic mass is 32.2. The first kappa shape index (κ1) is 20.9. The van der Waals surface area contributed by atoms with Crippen LogP contribution in [0.5, 0.6) is 5.75 Å². The van der Waals surface area contributed by atoms with Crippen LogP contribution in [0.2, 0.25) is 0 Å². The van der Waals surface area contributed by atoms with Crippen molar-refractivity contribution in [3.05, 3.63) is 59.7 Å². The highest BCUT2D eigenvalue weighted by Gasteiger charge is 2.16. The van der Waals surface area contributed by atoms with Crippen molar-refractivity contribution in [1.29, 1.82) is 0 Å². The van der Waals surface area contributed by atoms with Gasteiger partial charge in [0, 0.05) is 32.4 Å². The summed E-state index contributed by atoms with van der Waals surface area (Å²) in [5.74, 6) is 0.379.